The lowest BCUT2D eigenvalue weighted by Crippen LogP contribution is -2.22. The summed E-state index contributed by atoms with van der Waals surface area (Å²) in [5, 5.41) is 6.02. The number of ether oxygens (including phenoxy) is 2. The van der Waals surface area contributed by atoms with Gasteiger partial charge < -0.3 is 25.0 Å². The number of nitrogens with one attached hydrogen (secondary N) is 2. The molecule has 1 aliphatic heterocycles. The summed E-state index contributed by atoms with van der Waals surface area (Å²) in [5.74, 6) is 0.662. The number of hydrogen-bond acceptors (Lipinski definition) is 5. The second-order valence-corrected chi connectivity index (χ2v) is 7.83. The summed E-state index contributed by atoms with van der Waals surface area (Å²) in [6.45, 7) is 1.43. The van der Waals surface area contributed by atoms with Gasteiger partial charge in [-0.15, -0.1) is 0 Å². The molecule has 3 rings (SSSR count). The van der Waals surface area contributed by atoms with Crippen molar-refractivity contribution in [2.75, 3.05) is 44.5 Å². The first kappa shape index (κ1) is 22.6. The van der Waals surface area contributed by atoms with Gasteiger partial charge in [-0.05, 0) is 49.1 Å². The number of para-hydroxylation sites is 2. The van der Waals surface area contributed by atoms with Crippen molar-refractivity contribution in [1.82, 2.24) is 4.90 Å². The molecule has 1 aliphatic rings. The number of carbonyl (C=O) groups is 2. The minimum absolute atomic E-state index is 0.100. The second-order valence-electron chi connectivity index (χ2n) is 7.83. The molecular formula is C24H31N3O4. The van der Waals surface area contributed by atoms with Gasteiger partial charge in [0, 0.05) is 32.8 Å². The van der Waals surface area contributed by atoms with Gasteiger partial charge >= 0.3 is 0 Å². The molecule has 166 valence electrons. The Morgan fingerprint density at radius 2 is 1.90 bits per heavy atom. The molecule has 0 radical (unpaired) electrons. The number of hydrogen-bond donors (Lipinski definition) is 2. The van der Waals surface area contributed by atoms with E-state index in [2.05, 4.69) is 10.6 Å². The summed E-state index contributed by atoms with van der Waals surface area (Å²) in [6.07, 6.45) is 3.37. The van der Waals surface area contributed by atoms with Crippen LogP contribution in [0.3, 0.4) is 0 Å². The van der Waals surface area contributed by atoms with E-state index in [9.17, 15) is 9.59 Å². The van der Waals surface area contributed by atoms with Crippen molar-refractivity contribution in [1.29, 1.82) is 0 Å². The summed E-state index contributed by atoms with van der Waals surface area (Å²) in [6, 6.07) is 15.2. The van der Waals surface area contributed by atoms with Crippen LogP contribution in [-0.4, -0.2) is 56.7 Å². The third-order valence-electron chi connectivity index (χ3n) is 5.14. The topological polar surface area (TPSA) is 79.9 Å². The van der Waals surface area contributed by atoms with Crippen molar-refractivity contribution in [3.63, 3.8) is 0 Å². The number of nitrogens with zero attached hydrogens (tertiary/aromatic N) is 1. The highest BCUT2D eigenvalue weighted by Gasteiger charge is 2.17. The Balaban J connectivity index is 1.45. The molecule has 0 aromatic heterocycles. The smallest absolute Gasteiger partial charge is 0.243 e. The molecule has 7 heteroatoms. The van der Waals surface area contributed by atoms with E-state index < -0.39 is 0 Å². The van der Waals surface area contributed by atoms with E-state index in [1.165, 1.54) is 0 Å². The Bertz CT molecular complexity index is 861. The monoisotopic (exact) mass is 425 g/mol. The zero-order valence-corrected chi connectivity index (χ0v) is 18.2. The SMILES string of the molecule is CN(C)C(=O)CCc1ccc(NC(=O)CNc2ccccc2OCC2CCCO2)cc1. The average Bonchev–Trinajstić information content (AvgIpc) is 3.29. The highest BCUT2D eigenvalue weighted by atomic mass is 16.5. The summed E-state index contributed by atoms with van der Waals surface area (Å²) >= 11 is 0. The lowest BCUT2D eigenvalue weighted by atomic mass is 10.1. The van der Waals surface area contributed by atoms with Crippen molar-refractivity contribution in [3.8, 4) is 5.75 Å². The zero-order chi connectivity index (χ0) is 22.1. The van der Waals surface area contributed by atoms with Crippen LogP contribution in [0.1, 0.15) is 24.8 Å². The lowest BCUT2D eigenvalue weighted by molar-refractivity contribution is -0.128. The van der Waals surface area contributed by atoms with Crippen molar-refractivity contribution in [3.05, 3.63) is 54.1 Å². The Morgan fingerprint density at radius 3 is 2.61 bits per heavy atom. The van der Waals surface area contributed by atoms with Gasteiger partial charge in [0.1, 0.15) is 12.4 Å². The minimum atomic E-state index is -0.149. The first-order chi connectivity index (χ1) is 15.0. The minimum Gasteiger partial charge on any atom is -0.489 e. The van der Waals surface area contributed by atoms with Gasteiger partial charge in [0.15, 0.2) is 0 Å². The molecule has 1 saturated heterocycles. The van der Waals surface area contributed by atoms with Crippen molar-refractivity contribution in [2.45, 2.75) is 31.8 Å². The number of anilines is 2. The molecule has 2 N–H and O–H groups in total. The molecule has 0 spiro atoms. The van der Waals surface area contributed by atoms with Crippen molar-refractivity contribution >= 4 is 23.2 Å². The summed E-state index contributed by atoms with van der Waals surface area (Å²) < 4.78 is 11.5. The van der Waals surface area contributed by atoms with Crippen LogP contribution in [0.4, 0.5) is 11.4 Å². The summed E-state index contributed by atoms with van der Waals surface area (Å²) in [7, 11) is 3.51. The molecule has 1 atom stereocenters. The number of benzene rings is 2. The average molecular weight is 426 g/mol. The van der Waals surface area contributed by atoms with E-state index in [0.717, 1.165) is 36.4 Å². The fraction of sp³-hybridized carbons (Fsp3) is 0.417. The van der Waals surface area contributed by atoms with Crippen LogP contribution in [0.25, 0.3) is 0 Å². The number of aryl methyl sites for hydroxylation is 1. The maximum atomic E-state index is 12.4. The zero-order valence-electron chi connectivity index (χ0n) is 18.2. The van der Waals surface area contributed by atoms with E-state index in [0.29, 0.717) is 25.2 Å². The number of amides is 2. The molecular weight excluding hydrogens is 394 g/mol. The van der Waals surface area contributed by atoms with Gasteiger partial charge in [-0.1, -0.05) is 24.3 Å². The van der Waals surface area contributed by atoms with Gasteiger partial charge in [0.05, 0.1) is 18.3 Å². The van der Waals surface area contributed by atoms with Gasteiger partial charge in [0.25, 0.3) is 0 Å². The predicted molar refractivity (Wildman–Crippen MR) is 121 cm³/mol. The Labute approximate surface area is 183 Å². The van der Waals surface area contributed by atoms with Crippen LogP contribution in [0, 0.1) is 0 Å². The number of rotatable bonds is 10. The Hall–Kier alpha value is -3.06. The maximum absolute atomic E-state index is 12.4. The highest BCUT2D eigenvalue weighted by Crippen LogP contribution is 2.25. The Morgan fingerprint density at radius 1 is 1.13 bits per heavy atom. The molecule has 0 saturated carbocycles. The van der Waals surface area contributed by atoms with Crippen LogP contribution in [-0.2, 0) is 20.7 Å². The van der Waals surface area contributed by atoms with Gasteiger partial charge in [-0.25, -0.2) is 0 Å². The van der Waals surface area contributed by atoms with Crippen molar-refractivity contribution < 1.29 is 19.1 Å². The molecule has 2 amide bonds. The van der Waals surface area contributed by atoms with E-state index in [1.807, 2.05) is 48.5 Å². The molecule has 2 aromatic rings. The van der Waals surface area contributed by atoms with Crippen LogP contribution in [0.2, 0.25) is 0 Å². The molecule has 7 nitrogen and oxygen atoms in total. The van der Waals surface area contributed by atoms with E-state index >= 15 is 0 Å². The van der Waals surface area contributed by atoms with Crippen LogP contribution < -0.4 is 15.4 Å². The summed E-state index contributed by atoms with van der Waals surface area (Å²) in [4.78, 5) is 25.6. The fourth-order valence-electron chi connectivity index (χ4n) is 3.31. The maximum Gasteiger partial charge on any atom is 0.243 e. The largest absolute Gasteiger partial charge is 0.489 e. The van der Waals surface area contributed by atoms with Gasteiger partial charge in [-0.2, -0.15) is 0 Å². The quantitative estimate of drug-likeness (QED) is 0.611. The summed E-state index contributed by atoms with van der Waals surface area (Å²) in [5.41, 5.74) is 2.55. The van der Waals surface area contributed by atoms with E-state index in [4.69, 9.17) is 9.47 Å². The predicted octanol–water partition coefficient (Wildman–Crippen LogP) is 3.32. The molecule has 0 aliphatic carbocycles. The van der Waals surface area contributed by atoms with E-state index in [-0.39, 0.29) is 24.5 Å². The van der Waals surface area contributed by atoms with E-state index in [1.54, 1.807) is 19.0 Å². The van der Waals surface area contributed by atoms with Crippen LogP contribution >= 0.6 is 0 Å². The first-order valence-electron chi connectivity index (χ1n) is 10.7. The van der Waals surface area contributed by atoms with Gasteiger partial charge in [-0.3, -0.25) is 9.59 Å². The molecule has 2 aromatic carbocycles. The van der Waals surface area contributed by atoms with Gasteiger partial charge in [0.2, 0.25) is 11.8 Å². The standard InChI is InChI=1S/C24H31N3O4/c1-27(2)24(29)14-11-18-9-12-19(13-10-18)26-23(28)16-25-21-7-3-4-8-22(21)31-17-20-6-5-15-30-20/h3-4,7-10,12-13,20,25H,5-6,11,14-17H2,1-2H3,(H,26,28). The fourth-order valence-corrected chi connectivity index (χ4v) is 3.31. The van der Waals surface area contributed by atoms with Crippen molar-refractivity contribution in [2.24, 2.45) is 0 Å². The van der Waals surface area contributed by atoms with Crippen LogP contribution in [0.15, 0.2) is 48.5 Å². The molecule has 31 heavy (non-hydrogen) atoms. The molecule has 1 unspecified atom stereocenters. The Kier molecular flexibility index (Phi) is 8.29. The highest BCUT2D eigenvalue weighted by molar-refractivity contribution is 5.94. The number of carbonyl (C=O) groups excluding carboxylic acids is 2. The molecule has 1 fully saturated rings. The third kappa shape index (κ3) is 7.29. The first-order valence-corrected chi connectivity index (χ1v) is 10.7. The normalized spacial score (nSPS) is 15.4. The molecule has 0 bridgehead atoms. The lowest BCUT2D eigenvalue weighted by Gasteiger charge is -2.15. The second kappa shape index (κ2) is 11.4. The molecule has 1 heterocycles. The third-order valence-corrected chi connectivity index (χ3v) is 5.14. The van der Waals surface area contributed by atoms with Crippen LogP contribution in [0.5, 0.6) is 5.75 Å².